The first-order valence-corrected chi connectivity index (χ1v) is 20.2. The van der Waals surface area contributed by atoms with Gasteiger partial charge in [0.1, 0.15) is 0 Å². The molecule has 0 radical (unpaired) electrons. The predicted molar refractivity (Wildman–Crippen MR) is 246 cm³/mol. The van der Waals surface area contributed by atoms with E-state index in [4.69, 9.17) is 0 Å². The molecule has 0 bridgehead atoms. The van der Waals surface area contributed by atoms with E-state index in [0.29, 0.717) is 0 Å². The summed E-state index contributed by atoms with van der Waals surface area (Å²) in [5.41, 5.74) is 17.7. The van der Waals surface area contributed by atoms with E-state index in [1.54, 1.807) is 0 Å². The highest BCUT2D eigenvalue weighted by atomic mass is 15.0. The third-order valence-electron chi connectivity index (χ3n) is 12.0. The highest BCUT2D eigenvalue weighted by Gasteiger charge is 2.28. The number of benzene rings is 7. The summed E-state index contributed by atoms with van der Waals surface area (Å²) in [5.74, 6) is 0. The second kappa shape index (κ2) is 13.7. The van der Waals surface area contributed by atoms with Gasteiger partial charge in [-0.2, -0.15) is 0 Å². The Morgan fingerprint density at radius 3 is 1.84 bits per heavy atom. The van der Waals surface area contributed by atoms with Crippen molar-refractivity contribution >= 4 is 55.3 Å². The average molecular weight is 744 g/mol. The fourth-order valence-electron chi connectivity index (χ4n) is 9.52. The molecule has 0 spiro atoms. The lowest BCUT2D eigenvalue weighted by Gasteiger charge is -2.15. The normalized spacial score (nSPS) is 12.9. The second-order valence-electron chi connectivity index (χ2n) is 15.3. The number of aromatic nitrogens is 3. The van der Waals surface area contributed by atoms with E-state index in [9.17, 15) is 0 Å². The van der Waals surface area contributed by atoms with Crippen LogP contribution >= 0.6 is 0 Å². The zero-order valence-corrected chi connectivity index (χ0v) is 32.4. The molecule has 0 saturated carbocycles. The van der Waals surface area contributed by atoms with Crippen molar-refractivity contribution in [3.05, 3.63) is 211 Å². The summed E-state index contributed by atoms with van der Waals surface area (Å²) in [7, 11) is 0. The minimum atomic E-state index is 1.09. The van der Waals surface area contributed by atoms with Gasteiger partial charge in [-0.15, -0.1) is 0 Å². The largest absolute Gasteiger partial charge is 0.313 e. The van der Waals surface area contributed by atoms with Gasteiger partial charge >= 0.3 is 0 Å². The summed E-state index contributed by atoms with van der Waals surface area (Å²) in [5, 5.41) is 4.83. The standard InChI is InChI=1S/C55H41N3/c1-3-45-46-33-34-51-53(48-30-14-16-32-50(48)57(51)42-24-9-5-10-25-42)55(46)58(43-26-11-6-12-27-43)54(45)52-37(2)56(49-31-15-13-29-47(49)52)44-28-18-23-41(36-44)40-22-17-21-39(35-40)38-19-7-4-8-20-38/h3,5-7,9-36H,1,4,8H2,2H3. The van der Waals surface area contributed by atoms with Gasteiger partial charge in [-0.25, -0.2) is 0 Å². The molecular weight excluding hydrogens is 703 g/mol. The van der Waals surface area contributed by atoms with Crippen molar-refractivity contribution < 1.29 is 0 Å². The van der Waals surface area contributed by atoms with Crippen LogP contribution in [0.3, 0.4) is 0 Å². The van der Waals surface area contributed by atoms with Gasteiger partial charge in [0.05, 0.1) is 27.8 Å². The molecule has 1 aliphatic carbocycles. The minimum Gasteiger partial charge on any atom is -0.313 e. The molecule has 0 amide bonds. The van der Waals surface area contributed by atoms with Gasteiger partial charge in [-0.05, 0) is 103 Å². The Morgan fingerprint density at radius 1 is 0.500 bits per heavy atom. The Labute approximate surface area is 338 Å². The first-order valence-electron chi connectivity index (χ1n) is 20.2. The van der Waals surface area contributed by atoms with Crippen molar-refractivity contribution in [2.45, 2.75) is 19.8 Å². The van der Waals surface area contributed by atoms with E-state index in [1.807, 2.05) is 0 Å². The number of nitrogens with zero attached hydrogens (tertiary/aromatic N) is 3. The van der Waals surface area contributed by atoms with Crippen molar-refractivity contribution in [1.29, 1.82) is 0 Å². The molecule has 0 fully saturated rings. The number of rotatable bonds is 7. The summed E-state index contributed by atoms with van der Waals surface area (Å²) >= 11 is 0. The Balaban J connectivity index is 1.20. The van der Waals surface area contributed by atoms with Gasteiger partial charge in [0.2, 0.25) is 0 Å². The van der Waals surface area contributed by atoms with E-state index in [-0.39, 0.29) is 0 Å². The van der Waals surface area contributed by atoms with Crippen LogP contribution in [0.5, 0.6) is 0 Å². The van der Waals surface area contributed by atoms with Crippen molar-refractivity contribution in [2.24, 2.45) is 0 Å². The molecule has 0 atom stereocenters. The molecule has 0 saturated heterocycles. The van der Waals surface area contributed by atoms with Crippen molar-refractivity contribution in [2.75, 3.05) is 0 Å². The van der Waals surface area contributed by atoms with Crippen LogP contribution in [0.2, 0.25) is 0 Å². The van der Waals surface area contributed by atoms with Crippen molar-refractivity contribution in [3.63, 3.8) is 0 Å². The molecule has 58 heavy (non-hydrogen) atoms. The van der Waals surface area contributed by atoms with Gasteiger partial charge in [0.15, 0.2) is 0 Å². The first-order chi connectivity index (χ1) is 28.7. The Kier molecular flexibility index (Phi) is 8.01. The average Bonchev–Trinajstić information content (AvgIpc) is 3.91. The van der Waals surface area contributed by atoms with Gasteiger partial charge < -0.3 is 13.7 Å². The zero-order chi connectivity index (χ0) is 38.7. The van der Waals surface area contributed by atoms with Gasteiger partial charge in [0.25, 0.3) is 0 Å². The van der Waals surface area contributed by atoms with Crippen LogP contribution in [0.25, 0.3) is 94.7 Å². The number of hydrogen-bond acceptors (Lipinski definition) is 0. The van der Waals surface area contributed by atoms with E-state index >= 15 is 0 Å². The van der Waals surface area contributed by atoms with Crippen LogP contribution < -0.4 is 0 Å². The third kappa shape index (κ3) is 5.20. The van der Waals surface area contributed by atoms with Crippen LogP contribution in [-0.2, 0) is 0 Å². The molecule has 3 aromatic heterocycles. The summed E-state index contributed by atoms with van der Waals surface area (Å²) in [4.78, 5) is 0. The lowest BCUT2D eigenvalue weighted by atomic mass is 9.96. The van der Waals surface area contributed by atoms with Crippen LogP contribution in [-0.4, -0.2) is 13.7 Å². The molecular formula is C55H41N3. The number of fused-ring (bicyclic) bond motifs is 6. The van der Waals surface area contributed by atoms with Crippen LogP contribution in [0, 0.1) is 6.92 Å². The smallest absolute Gasteiger partial charge is 0.0641 e. The Hall–Kier alpha value is -7.36. The maximum absolute atomic E-state index is 4.50. The second-order valence-corrected chi connectivity index (χ2v) is 15.3. The Morgan fingerprint density at radius 2 is 1.12 bits per heavy atom. The van der Waals surface area contributed by atoms with Crippen LogP contribution in [0.1, 0.15) is 29.7 Å². The van der Waals surface area contributed by atoms with Gasteiger partial charge in [-0.3, -0.25) is 0 Å². The number of para-hydroxylation sites is 4. The molecule has 3 heterocycles. The fraction of sp³-hybridized carbons (Fsp3) is 0.0545. The maximum atomic E-state index is 4.50. The lowest BCUT2D eigenvalue weighted by Crippen LogP contribution is -2.01. The van der Waals surface area contributed by atoms with Crippen LogP contribution in [0.4, 0.5) is 0 Å². The molecule has 276 valence electrons. The SMILES string of the molecule is C=Cc1c(-c2c(C)n(-c3cccc(-c4cccc(C5=CCCC=C5)c4)c3)c3ccccc23)n(-c2ccccc2)c2c1ccc1c2c2ccccc2n1-c1ccccc1. The van der Waals surface area contributed by atoms with Crippen LogP contribution in [0.15, 0.2) is 195 Å². The Bertz CT molecular complexity index is 3290. The predicted octanol–water partition coefficient (Wildman–Crippen LogP) is 14.7. The van der Waals surface area contributed by atoms with E-state index in [1.165, 1.54) is 77.1 Å². The number of allylic oxidation sites excluding steroid dienone is 4. The summed E-state index contributed by atoms with van der Waals surface area (Å²) in [6.45, 7) is 6.78. The van der Waals surface area contributed by atoms with E-state index < -0.39 is 0 Å². The maximum Gasteiger partial charge on any atom is 0.0641 e. The molecule has 3 nitrogen and oxygen atoms in total. The monoisotopic (exact) mass is 743 g/mol. The van der Waals surface area contributed by atoms with Gasteiger partial charge in [0, 0.05) is 55.4 Å². The van der Waals surface area contributed by atoms with E-state index in [2.05, 4.69) is 221 Å². The third-order valence-corrected chi connectivity index (χ3v) is 12.0. The highest BCUT2D eigenvalue weighted by molar-refractivity contribution is 6.23. The lowest BCUT2D eigenvalue weighted by molar-refractivity contribution is 1.04. The summed E-state index contributed by atoms with van der Waals surface area (Å²) < 4.78 is 7.36. The molecule has 1 aliphatic rings. The minimum absolute atomic E-state index is 1.09. The highest BCUT2D eigenvalue weighted by Crippen LogP contribution is 2.47. The molecule has 0 unspecified atom stereocenters. The number of hydrogen-bond donors (Lipinski definition) is 0. The fourth-order valence-corrected chi connectivity index (χ4v) is 9.52. The first kappa shape index (κ1) is 33.9. The van der Waals surface area contributed by atoms with Crippen molar-refractivity contribution in [1.82, 2.24) is 13.7 Å². The topological polar surface area (TPSA) is 14.8 Å². The quantitative estimate of drug-likeness (QED) is 0.154. The molecule has 0 aliphatic heterocycles. The molecule has 3 heteroatoms. The van der Waals surface area contributed by atoms with Crippen molar-refractivity contribution in [3.8, 4) is 39.4 Å². The molecule has 0 N–H and O–H groups in total. The van der Waals surface area contributed by atoms with E-state index in [0.717, 1.165) is 41.2 Å². The zero-order valence-electron chi connectivity index (χ0n) is 32.4. The summed E-state index contributed by atoms with van der Waals surface area (Å²) in [6.07, 6.45) is 11.2. The molecule has 10 aromatic rings. The molecule has 7 aromatic carbocycles. The van der Waals surface area contributed by atoms with Gasteiger partial charge in [-0.1, -0.05) is 140 Å². The molecule has 11 rings (SSSR count). The summed E-state index contributed by atoms with van der Waals surface area (Å²) in [6, 6.07) is 61.8.